The van der Waals surface area contributed by atoms with E-state index in [9.17, 15) is 15.3 Å². The Morgan fingerprint density at radius 1 is 0.647 bits per heavy atom. The molecule has 0 unspecified atom stereocenters. The third-order valence-corrected chi connectivity index (χ3v) is 14.2. The van der Waals surface area contributed by atoms with Crippen LogP contribution in [0.2, 0.25) is 0 Å². The van der Waals surface area contributed by atoms with Crippen LogP contribution in [-0.2, 0) is 4.74 Å². The number of hydrogen-bond donors (Lipinski definition) is 3. The van der Waals surface area contributed by atoms with Gasteiger partial charge in [-0.3, -0.25) is 0 Å². The Balaban J connectivity index is 1.46. The van der Waals surface area contributed by atoms with Crippen molar-refractivity contribution in [2.45, 2.75) is 130 Å². The average molecular weight is 475 g/mol. The third kappa shape index (κ3) is 2.42. The Morgan fingerprint density at radius 3 is 2.00 bits per heavy atom. The summed E-state index contributed by atoms with van der Waals surface area (Å²) in [4.78, 5) is 0. The molecule has 1 aliphatic heterocycles. The Hall–Kier alpha value is -0.160. The topological polar surface area (TPSA) is 69.9 Å². The molecular formula is C30H50O4. The van der Waals surface area contributed by atoms with E-state index in [0.717, 1.165) is 51.4 Å². The first-order valence-corrected chi connectivity index (χ1v) is 14.3. The Bertz CT molecular complexity index is 883. The highest BCUT2D eigenvalue weighted by atomic mass is 16.5. The molecule has 6 rings (SSSR count). The molecule has 2 bridgehead atoms. The largest absolute Gasteiger partial charge is 0.393 e. The lowest BCUT2D eigenvalue weighted by Crippen LogP contribution is -2.75. The van der Waals surface area contributed by atoms with Crippen LogP contribution in [0.5, 0.6) is 0 Å². The second kappa shape index (κ2) is 6.63. The van der Waals surface area contributed by atoms with Gasteiger partial charge in [-0.05, 0) is 91.3 Å². The zero-order valence-electron chi connectivity index (χ0n) is 22.8. The summed E-state index contributed by atoms with van der Waals surface area (Å²) in [6.07, 6.45) is 7.88. The van der Waals surface area contributed by atoms with Crippen LogP contribution in [0.15, 0.2) is 0 Å². The van der Waals surface area contributed by atoms with Crippen molar-refractivity contribution >= 4 is 0 Å². The zero-order chi connectivity index (χ0) is 24.7. The predicted molar refractivity (Wildman–Crippen MR) is 133 cm³/mol. The Morgan fingerprint density at radius 2 is 1.29 bits per heavy atom. The van der Waals surface area contributed by atoms with Crippen molar-refractivity contribution in [2.75, 3.05) is 6.61 Å². The third-order valence-electron chi connectivity index (χ3n) is 14.2. The van der Waals surface area contributed by atoms with Crippen LogP contribution in [-0.4, -0.2) is 45.8 Å². The molecule has 0 aromatic carbocycles. The van der Waals surface area contributed by atoms with Gasteiger partial charge in [-0.15, -0.1) is 0 Å². The van der Waals surface area contributed by atoms with Gasteiger partial charge in [0.05, 0.1) is 35.9 Å². The summed E-state index contributed by atoms with van der Waals surface area (Å²) < 4.78 is 7.02. The summed E-state index contributed by atoms with van der Waals surface area (Å²) in [6, 6.07) is 0. The maximum absolute atomic E-state index is 11.9. The monoisotopic (exact) mass is 474 g/mol. The summed E-state index contributed by atoms with van der Waals surface area (Å²) in [7, 11) is 0. The lowest BCUT2D eigenvalue weighted by Gasteiger charge is -2.75. The molecular weight excluding hydrogens is 424 g/mol. The van der Waals surface area contributed by atoms with Gasteiger partial charge in [0.1, 0.15) is 0 Å². The van der Waals surface area contributed by atoms with Crippen molar-refractivity contribution in [3.8, 4) is 0 Å². The fraction of sp³-hybridized carbons (Fsp3) is 1.00. The number of aliphatic hydroxyl groups excluding tert-OH is 3. The quantitative estimate of drug-likeness (QED) is 0.444. The predicted octanol–water partition coefficient (Wildman–Crippen LogP) is 5.32. The lowest BCUT2D eigenvalue weighted by atomic mass is 9.30. The van der Waals surface area contributed by atoms with E-state index in [1.807, 2.05) is 0 Å². The smallest absolute Gasteiger partial charge is 0.0778 e. The van der Waals surface area contributed by atoms with Crippen molar-refractivity contribution in [1.82, 2.24) is 0 Å². The van der Waals surface area contributed by atoms with Gasteiger partial charge in [0.2, 0.25) is 0 Å². The molecule has 5 saturated carbocycles. The average Bonchev–Trinajstić information content (AvgIpc) is 2.99. The fourth-order valence-electron chi connectivity index (χ4n) is 12.2. The Kier molecular flexibility index (Phi) is 4.72. The van der Waals surface area contributed by atoms with Gasteiger partial charge >= 0.3 is 0 Å². The molecule has 4 heteroatoms. The van der Waals surface area contributed by atoms with Gasteiger partial charge in [-0.25, -0.2) is 0 Å². The molecule has 1 heterocycles. The van der Waals surface area contributed by atoms with Crippen LogP contribution in [0.3, 0.4) is 0 Å². The van der Waals surface area contributed by atoms with Gasteiger partial charge in [0, 0.05) is 11.3 Å². The number of rotatable bonds is 0. The molecule has 6 aliphatic rings. The molecule has 4 nitrogen and oxygen atoms in total. The van der Waals surface area contributed by atoms with Crippen molar-refractivity contribution in [2.24, 2.45) is 50.2 Å². The molecule has 194 valence electrons. The van der Waals surface area contributed by atoms with E-state index in [-0.39, 0.29) is 44.7 Å². The van der Waals surface area contributed by atoms with Crippen molar-refractivity contribution in [3.63, 3.8) is 0 Å². The number of fused-ring (bicyclic) bond motifs is 4. The minimum Gasteiger partial charge on any atom is -0.393 e. The lowest BCUT2D eigenvalue weighted by molar-refractivity contribution is -0.304. The number of hydrogen-bond acceptors (Lipinski definition) is 4. The highest BCUT2D eigenvalue weighted by Crippen LogP contribution is 2.80. The fourth-order valence-corrected chi connectivity index (χ4v) is 12.2. The molecule has 1 spiro atoms. The Labute approximate surface area is 207 Å². The highest BCUT2D eigenvalue weighted by Gasteiger charge is 2.81. The van der Waals surface area contributed by atoms with E-state index in [1.165, 1.54) is 6.42 Å². The van der Waals surface area contributed by atoms with Gasteiger partial charge in [0.15, 0.2) is 0 Å². The van der Waals surface area contributed by atoms with E-state index >= 15 is 0 Å². The van der Waals surface area contributed by atoms with Crippen LogP contribution in [0.1, 0.15) is 106 Å². The zero-order valence-corrected chi connectivity index (χ0v) is 22.8. The SMILES string of the molecule is CC1(C)C[C@@H]2[C@]3(CO[C@@]24CC[C@@H]2[C@@]5(C)CC[C@H](O)C(C)(C)[C@@H]5CC[C@@]2(C)[C@]4(C)C[C@H]3O)[C@@H](O)C1. The van der Waals surface area contributed by atoms with Crippen LogP contribution < -0.4 is 0 Å². The molecule has 11 atom stereocenters. The first-order valence-electron chi connectivity index (χ1n) is 14.3. The molecule has 6 fully saturated rings. The summed E-state index contributed by atoms with van der Waals surface area (Å²) in [6.45, 7) is 17.3. The molecule has 0 radical (unpaired) electrons. The standard InChI is InChI=1S/C30H50O4/c1-24(2)14-20-29(22(32)15-24)17-34-30(20)13-9-19-26(5)11-10-21(31)25(3,4)18(26)8-12-27(19,6)28(30,7)16-23(29)33/h18-23,31-33H,8-17H2,1-7H3/t18-,19+,20+,21-,22-,23+,26-,27+,28-,29+,30-/m0/s1. The maximum Gasteiger partial charge on any atom is 0.0778 e. The van der Waals surface area contributed by atoms with E-state index in [2.05, 4.69) is 48.5 Å². The highest BCUT2D eigenvalue weighted by molar-refractivity contribution is 5.29. The first-order chi connectivity index (χ1) is 15.6. The molecule has 0 amide bonds. The maximum atomic E-state index is 11.9. The normalized spacial score (nSPS) is 61.6. The van der Waals surface area contributed by atoms with E-state index in [4.69, 9.17) is 4.74 Å². The van der Waals surface area contributed by atoms with Gasteiger partial charge in [0.25, 0.3) is 0 Å². The van der Waals surface area contributed by atoms with E-state index < -0.39 is 17.6 Å². The molecule has 0 aromatic rings. The molecule has 34 heavy (non-hydrogen) atoms. The minimum atomic E-state index is -0.505. The van der Waals surface area contributed by atoms with Crippen LogP contribution >= 0.6 is 0 Å². The van der Waals surface area contributed by atoms with E-state index in [1.54, 1.807) is 0 Å². The summed E-state index contributed by atoms with van der Waals surface area (Å²) in [5.41, 5.74) is -0.541. The van der Waals surface area contributed by atoms with Crippen LogP contribution in [0, 0.1) is 50.2 Å². The minimum absolute atomic E-state index is 0.0486. The molecule has 0 aromatic heterocycles. The summed E-state index contributed by atoms with van der Waals surface area (Å²) in [5.74, 6) is 1.33. The second-order valence-electron chi connectivity index (χ2n) is 16.0. The molecule has 5 aliphatic carbocycles. The number of aliphatic hydroxyl groups is 3. The molecule has 3 N–H and O–H groups in total. The summed E-state index contributed by atoms with van der Waals surface area (Å²) in [5, 5.41) is 34.3. The van der Waals surface area contributed by atoms with Gasteiger partial charge in [-0.2, -0.15) is 0 Å². The molecule has 1 saturated heterocycles. The van der Waals surface area contributed by atoms with Crippen molar-refractivity contribution in [1.29, 1.82) is 0 Å². The van der Waals surface area contributed by atoms with Crippen LogP contribution in [0.4, 0.5) is 0 Å². The van der Waals surface area contributed by atoms with Gasteiger partial charge in [-0.1, -0.05) is 48.5 Å². The number of ether oxygens (including phenoxy) is 1. The first kappa shape index (κ1) is 24.2. The van der Waals surface area contributed by atoms with Crippen LogP contribution in [0.25, 0.3) is 0 Å². The van der Waals surface area contributed by atoms with E-state index in [0.29, 0.717) is 18.4 Å². The second-order valence-corrected chi connectivity index (χ2v) is 16.0. The van der Waals surface area contributed by atoms with Crippen molar-refractivity contribution < 1.29 is 20.1 Å². The van der Waals surface area contributed by atoms with Crippen molar-refractivity contribution in [3.05, 3.63) is 0 Å². The summed E-state index contributed by atoms with van der Waals surface area (Å²) >= 11 is 0. The van der Waals surface area contributed by atoms with Gasteiger partial charge < -0.3 is 20.1 Å².